The molecule has 0 aliphatic rings. The average Bonchev–Trinajstić information content (AvgIpc) is 2.71. The summed E-state index contributed by atoms with van der Waals surface area (Å²) in [6, 6.07) is 6.79. The maximum Gasteiger partial charge on any atom is 0.409 e. The van der Waals surface area contributed by atoms with Crippen molar-refractivity contribution >= 4 is 6.09 Å². The van der Waals surface area contributed by atoms with Gasteiger partial charge in [-0.15, -0.1) is 0 Å². The van der Waals surface area contributed by atoms with Crippen LogP contribution in [0.15, 0.2) is 30.5 Å². The van der Waals surface area contributed by atoms with E-state index in [2.05, 4.69) is 20.1 Å². The molecule has 6 nitrogen and oxygen atoms in total. The summed E-state index contributed by atoms with van der Waals surface area (Å²) in [5, 5.41) is 10.1. The number of hydrogen-bond acceptors (Lipinski definition) is 4. The first kappa shape index (κ1) is 9.20. The van der Waals surface area contributed by atoms with Crippen molar-refractivity contribution in [2.75, 3.05) is 0 Å². The monoisotopic (exact) mass is 204 g/mol. The smallest absolute Gasteiger partial charge is 0.409 e. The van der Waals surface area contributed by atoms with Crippen LogP contribution in [0.2, 0.25) is 0 Å². The molecule has 0 bridgehead atoms. The fraction of sp³-hybridized carbons (Fsp3) is 0. The SMILES string of the molecule is NC(=O)Oc1ccc(-c2cn[nH]n2)cc1. The number of nitrogens with one attached hydrogen (secondary N) is 1. The molecule has 2 rings (SSSR count). The lowest BCUT2D eigenvalue weighted by atomic mass is 10.2. The van der Waals surface area contributed by atoms with Crippen molar-refractivity contribution in [3.8, 4) is 17.0 Å². The summed E-state index contributed by atoms with van der Waals surface area (Å²) < 4.78 is 4.68. The molecule has 15 heavy (non-hydrogen) atoms. The Labute approximate surface area is 85.1 Å². The van der Waals surface area contributed by atoms with Crippen LogP contribution in [0.25, 0.3) is 11.3 Å². The second-order valence-corrected chi connectivity index (χ2v) is 2.80. The molecule has 1 aromatic heterocycles. The number of carbonyl (C=O) groups is 1. The van der Waals surface area contributed by atoms with E-state index in [1.807, 2.05) is 0 Å². The Morgan fingerprint density at radius 1 is 1.33 bits per heavy atom. The number of carbonyl (C=O) groups excluding carboxylic acids is 1. The van der Waals surface area contributed by atoms with Gasteiger partial charge in [-0.05, 0) is 24.3 Å². The molecule has 0 aliphatic heterocycles. The van der Waals surface area contributed by atoms with Crippen molar-refractivity contribution in [3.63, 3.8) is 0 Å². The number of ether oxygens (including phenoxy) is 1. The minimum Gasteiger partial charge on any atom is -0.411 e. The van der Waals surface area contributed by atoms with E-state index in [4.69, 9.17) is 5.73 Å². The topological polar surface area (TPSA) is 93.9 Å². The predicted octanol–water partition coefficient (Wildman–Crippen LogP) is 0.929. The van der Waals surface area contributed by atoms with Crippen LogP contribution < -0.4 is 10.5 Å². The van der Waals surface area contributed by atoms with Crippen LogP contribution in [0, 0.1) is 0 Å². The van der Waals surface area contributed by atoms with Gasteiger partial charge in [0, 0.05) is 5.56 Å². The van der Waals surface area contributed by atoms with Crippen LogP contribution in [-0.2, 0) is 0 Å². The van der Waals surface area contributed by atoms with Crippen LogP contribution in [0.5, 0.6) is 5.75 Å². The summed E-state index contributed by atoms with van der Waals surface area (Å²) >= 11 is 0. The Hall–Kier alpha value is -2.37. The number of primary amides is 1. The standard InChI is InChI=1S/C9H8N4O2/c10-9(14)15-7-3-1-6(2-4-7)8-5-11-13-12-8/h1-5H,(H2,10,14)(H,11,12,13). The number of nitrogens with zero attached hydrogens (tertiary/aromatic N) is 2. The van der Waals surface area contributed by atoms with Crippen LogP contribution in [0.3, 0.4) is 0 Å². The molecule has 0 spiro atoms. The normalized spacial score (nSPS) is 9.87. The second kappa shape index (κ2) is 3.79. The zero-order valence-corrected chi connectivity index (χ0v) is 7.68. The number of hydrogen-bond donors (Lipinski definition) is 2. The molecule has 0 atom stereocenters. The van der Waals surface area contributed by atoms with Gasteiger partial charge in [-0.3, -0.25) is 0 Å². The summed E-state index contributed by atoms with van der Waals surface area (Å²) in [4.78, 5) is 10.5. The lowest BCUT2D eigenvalue weighted by Gasteiger charge is -2.00. The summed E-state index contributed by atoms with van der Waals surface area (Å²) in [5.74, 6) is 0.398. The van der Waals surface area contributed by atoms with E-state index in [0.29, 0.717) is 5.75 Å². The molecule has 3 N–H and O–H groups in total. The van der Waals surface area contributed by atoms with Crippen LogP contribution in [0.1, 0.15) is 0 Å². The van der Waals surface area contributed by atoms with Gasteiger partial charge in [0.25, 0.3) is 0 Å². The van der Waals surface area contributed by atoms with Gasteiger partial charge in [0.1, 0.15) is 11.4 Å². The third kappa shape index (κ3) is 2.11. The molecule has 0 aliphatic carbocycles. The van der Waals surface area contributed by atoms with E-state index < -0.39 is 6.09 Å². The van der Waals surface area contributed by atoms with E-state index in [0.717, 1.165) is 11.3 Å². The number of aromatic nitrogens is 3. The quantitative estimate of drug-likeness (QED) is 0.760. The summed E-state index contributed by atoms with van der Waals surface area (Å²) in [6.07, 6.45) is 0.772. The van der Waals surface area contributed by atoms with Gasteiger partial charge in [0.05, 0.1) is 6.20 Å². The summed E-state index contributed by atoms with van der Waals surface area (Å²) in [5.41, 5.74) is 6.47. The van der Waals surface area contributed by atoms with Crippen molar-refractivity contribution in [3.05, 3.63) is 30.5 Å². The van der Waals surface area contributed by atoms with E-state index in [-0.39, 0.29) is 0 Å². The van der Waals surface area contributed by atoms with Gasteiger partial charge in [0.2, 0.25) is 0 Å². The van der Waals surface area contributed by atoms with E-state index in [1.165, 1.54) is 0 Å². The van der Waals surface area contributed by atoms with Crippen molar-refractivity contribution < 1.29 is 9.53 Å². The van der Waals surface area contributed by atoms with Gasteiger partial charge in [0.15, 0.2) is 0 Å². The maximum absolute atomic E-state index is 10.5. The zero-order valence-electron chi connectivity index (χ0n) is 7.68. The average molecular weight is 204 g/mol. The Kier molecular flexibility index (Phi) is 2.32. The first-order chi connectivity index (χ1) is 7.25. The highest BCUT2D eigenvalue weighted by molar-refractivity contribution is 5.68. The molecular weight excluding hydrogens is 196 g/mol. The van der Waals surface area contributed by atoms with Gasteiger partial charge >= 0.3 is 6.09 Å². The van der Waals surface area contributed by atoms with E-state index >= 15 is 0 Å². The molecule has 0 saturated carbocycles. The Balaban J connectivity index is 2.21. The van der Waals surface area contributed by atoms with Crippen LogP contribution >= 0.6 is 0 Å². The highest BCUT2D eigenvalue weighted by Crippen LogP contribution is 2.19. The van der Waals surface area contributed by atoms with E-state index in [9.17, 15) is 4.79 Å². The molecule has 6 heteroatoms. The lowest BCUT2D eigenvalue weighted by Crippen LogP contribution is -2.16. The Morgan fingerprint density at radius 3 is 2.60 bits per heavy atom. The molecule has 1 amide bonds. The molecule has 2 aromatic rings. The number of benzene rings is 1. The number of aromatic amines is 1. The maximum atomic E-state index is 10.5. The van der Waals surface area contributed by atoms with Crippen LogP contribution in [0.4, 0.5) is 4.79 Å². The van der Waals surface area contributed by atoms with Crippen molar-refractivity contribution in [1.82, 2.24) is 15.4 Å². The fourth-order valence-electron chi connectivity index (χ4n) is 1.15. The van der Waals surface area contributed by atoms with Crippen molar-refractivity contribution in [2.45, 2.75) is 0 Å². The first-order valence-electron chi connectivity index (χ1n) is 4.19. The second-order valence-electron chi connectivity index (χ2n) is 2.80. The Morgan fingerprint density at radius 2 is 2.07 bits per heavy atom. The largest absolute Gasteiger partial charge is 0.411 e. The van der Waals surface area contributed by atoms with Gasteiger partial charge in [-0.25, -0.2) is 4.79 Å². The van der Waals surface area contributed by atoms with Crippen molar-refractivity contribution in [1.29, 1.82) is 0 Å². The summed E-state index contributed by atoms with van der Waals surface area (Å²) in [6.45, 7) is 0. The lowest BCUT2D eigenvalue weighted by molar-refractivity contribution is 0.211. The van der Waals surface area contributed by atoms with Gasteiger partial charge in [-0.1, -0.05) is 0 Å². The molecule has 76 valence electrons. The number of nitrogens with two attached hydrogens (primary N) is 1. The van der Waals surface area contributed by atoms with E-state index in [1.54, 1.807) is 30.5 Å². The molecule has 0 fully saturated rings. The van der Waals surface area contributed by atoms with Crippen molar-refractivity contribution in [2.24, 2.45) is 5.73 Å². The summed E-state index contributed by atoms with van der Waals surface area (Å²) in [7, 11) is 0. The minimum atomic E-state index is -0.829. The molecule has 0 radical (unpaired) electrons. The number of amides is 1. The molecule has 0 unspecified atom stereocenters. The highest BCUT2D eigenvalue weighted by Gasteiger charge is 2.02. The fourth-order valence-corrected chi connectivity index (χ4v) is 1.15. The highest BCUT2D eigenvalue weighted by atomic mass is 16.5. The molecule has 1 heterocycles. The third-order valence-electron chi connectivity index (χ3n) is 1.78. The number of rotatable bonds is 2. The third-order valence-corrected chi connectivity index (χ3v) is 1.78. The molecular formula is C9H8N4O2. The molecule has 0 saturated heterocycles. The Bertz CT molecular complexity index is 449. The zero-order chi connectivity index (χ0) is 10.7. The molecule has 1 aromatic carbocycles. The predicted molar refractivity (Wildman–Crippen MR) is 52.0 cm³/mol. The first-order valence-corrected chi connectivity index (χ1v) is 4.19. The number of H-pyrrole nitrogens is 1. The van der Waals surface area contributed by atoms with Gasteiger partial charge in [-0.2, -0.15) is 15.4 Å². The van der Waals surface area contributed by atoms with Gasteiger partial charge < -0.3 is 10.5 Å². The minimum absolute atomic E-state index is 0.398. The van der Waals surface area contributed by atoms with Crippen LogP contribution in [-0.4, -0.2) is 21.5 Å².